The molecule has 2 aromatic heterocycles. The molecule has 0 aliphatic heterocycles. The van der Waals surface area contributed by atoms with E-state index in [0.29, 0.717) is 17.6 Å². The zero-order chi connectivity index (χ0) is 13.4. The van der Waals surface area contributed by atoms with Gasteiger partial charge in [0.25, 0.3) is 5.56 Å². The van der Waals surface area contributed by atoms with E-state index in [1.807, 2.05) is 24.3 Å². The predicted octanol–water partition coefficient (Wildman–Crippen LogP) is 1.78. The first-order valence-corrected chi connectivity index (χ1v) is 6.84. The van der Waals surface area contributed by atoms with Gasteiger partial charge in [-0.05, 0) is 40.3 Å². The van der Waals surface area contributed by atoms with E-state index in [9.17, 15) is 4.79 Å². The summed E-state index contributed by atoms with van der Waals surface area (Å²) in [5.74, 6) is 0. The third-order valence-corrected chi connectivity index (χ3v) is 3.70. The topological polar surface area (TPSA) is 52.7 Å². The highest BCUT2D eigenvalue weighted by atomic mass is 127. The fourth-order valence-corrected chi connectivity index (χ4v) is 2.33. The molecule has 1 aromatic carbocycles. The summed E-state index contributed by atoms with van der Waals surface area (Å²) in [6, 6.07) is 8.08. The number of nitrogens with zero attached hydrogens (tertiary/aromatic N) is 4. The van der Waals surface area contributed by atoms with Crippen LogP contribution in [0.1, 0.15) is 5.56 Å². The molecule has 6 heteroatoms. The highest BCUT2D eigenvalue weighted by Gasteiger charge is 2.08. The van der Waals surface area contributed by atoms with Gasteiger partial charge in [-0.2, -0.15) is 5.10 Å². The van der Waals surface area contributed by atoms with Gasteiger partial charge in [0.2, 0.25) is 0 Å². The second kappa shape index (κ2) is 4.76. The van der Waals surface area contributed by atoms with Crippen molar-refractivity contribution in [1.29, 1.82) is 0 Å². The van der Waals surface area contributed by atoms with Crippen LogP contribution in [-0.2, 0) is 13.6 Å². The minimum absolute atomic E-state index is 0.0587. The molecule has 0 aliphatic carbocycles. The van der Waals surface area contributed by atoms with Crippen molar-refractivity contribution in [2.24, 2.45) is 7.05 Å². The predicted molar refractivity (Wildman–Crippen MR) is 81.0 cm³/mol. The maximum Gasteiger partial charge on any atom is 0.264 e. The van der Waals surface area contributed by atoms with Crippen LogP contribution in [0, 0.1) is 3.57 Å². The zero-order valence-electron chi connectivity index (χ0n) is 10.2. The van der Waals surface area contributed by atoms with Gasteiger partial charge in [-0.3, -0.25) is 14.0 Å². The van der Waals surface area contributed by atoms with E-state index in [1.165, 1.54) is 3.57 Å². The Kier molecular flexibility index (Phi) is 3.09. The van der Waals surface area contributed by atoms with Gasteiger partial charge < -0.3 is 0 Å². The molecule has 0 unspecified atom stereocenters. The first kappa shape index (κ1) is 12.3. The second-order valence-corrected chi connectivity index (χ2v) is 5.56. The van der Waals surface area contributed by atoms with Gasteiger partial charge in [0.05, 0.1) is 12.7 Å². The van der Waals surface area contributed by atoms with Gasteiger partial charge in [-0.15, -0.1) is 0 Å². The average molecular weight is 366 g/mol. The van der Waals surface area contributed by atoms with Crippen LogP contribution in [0.4, 0.5) is 0 Å². The molecule has 0 N–H and O–H groups in total. The summed E-state index contributed by atoms with van der Waals surface area (Å²) in [4.78, 5) is 16.6. The van der Waals surface area contributed by atoms with Crippen LogP contribution in [0.5, 0.6) is 0 Å². The summed E-state index contributed by atoms with van der Waals surface area (Å²) in [5.41, 5.74) is 1.63. The van der Waals surface area contributed by atoms with Gasteiger partial charge in [0.15, 0.2) is 5.65 Å². The lowest BCUT2D eigenvalue weighted by molar-refractivity contribution is 0.737. The summed E-state index contributed by atoms with van der Waals surface area (Å²) in [5, 5.41) is 4.61. The largest absolute Gasteiger partial charge is 0.294 e. The molecular weight excluding hydrogens is 355 g/mol. The number of rotatable bonds is 2. The molecule has 0 bridgehead atoms. The average Bonchev–Trinajstić information content (AvgIpc) is 2.78. The third-order valence-electron chi connectivity index (χ3n) is 2.98. The highest BCUT2D eigenvalue weighted by molar-refractivity contribution is 14.1. The van der Waals surface area contributed by atoms with Crippen molar-refractivity contribution in [2.45, 2.75) is 6.54 Å². The molecule has 0 atom stereocenters. The van der Waals surface area contributed by atoms with Crippen molar-refractivity contribution >= 4 is 33.6 Å². The van der Waals surface area contributed by atoms with Crippen LogP contribution in [0.25, 0.3) is 11.0 Å². The lowest BCUT2D eigenvalue weighted by atomic mass is 10.2. The Morgan fingerprint density at radius 3 is 2.74 bits per heavy atom. The molecule has 19 heavy (non-hydrogen) atoms. The van der Waals surface area contributed by atoms with Crippen molar-refractivity contribution in [3.63, 3.8) is 0 Å². The molecule has 2 heterocycles. The van der Waals surface area contributed by atoms with E-state index in [-0.39, 0.29) is 5.56 Å². The number of benzene rings is 1. The Labute approximate surface area is 123 Å². The lowest BCUT2D eigenvalue weighted by Crippen LogP contribution is -2.21. The maximum atomic E-state index is 12.3. The molecule has 3 rings (SSSR count). The fraction of sp³-hybridized carbons (Fsp3) is 0.154. The van der Waals surface area contributed by atoms with Crippen molar-refractivity contribution in [2.75, 3.05) is 0 Å². The van der Waals surface area contributed by atoms with Crippen LogP contribution in [-0.4, -0.2) is 19.3 Å². The van der Waals surface area contributed by atoms with E-state index in [4.69, 9.17) is 0 Å². The van der Waals surface area contributed by atoms with Crippen LogP contribution < -0.4 is 5.56 Å². The normalized spacial score (nSPS) is 11.1. The summed E-state index contributed by atoms with van der Waals surface area (Å²) in [6.45, 7) is 0.521. The quantitative estimate of drug-likeness (QED) is 0.650. The summed E-state index contributed by atoms with van der Waals surface area (Å²) < 4.78 is 4.38. The van der Waals surface area contributed by atoms with E-state index >= 15 is 0 Å². The van der Waals surface area contributed by atoms with Gasteiger partial charge in [-0.1, -0.05) is 12.1 Å². The minimum Gasteiger partial charge on any atom is -0.294 e. The van der Waals surface area contributed by atoms with E-state index in [0.717, 1.165) is 5.56 Å². The molecule has 0 radical (unpaired) electrons. The van der Waals surface area contributed by atoms with Gasteiger partial charge in [0.1, 0.15) is 11.7 Å². The third kappa shape index (κ3) is 2.27. The Hall–Kier alpha value is -1.70. The van der Waals surface area contributed by atoms with Gasteiger partial charge in [0, 0.05) is 10.6 Å². The summed E-state index contributed by atoms with van der Waals surface area (Å²) in [6.07, 6.45) is 3.14. The molecule has 96 valence electrons. The van der Waals surface area contributed by atoms with Gasteiger partial charge >= 0.3 is 0 Å². The Morgan fingerprint density at radius 1 is 1.26 bits per heavy atom. The summed E-state index contributed by atoms with van der Waals surface area (Å²) in [7, 11) is 1.78. The Balaban J connectivity index is 2.04. The molecule has 0 fully saturated rings. The molecule has 0 saturated carbocycles. The number of aryl methyl sites for hydroxylation is 1. The monoisotopic (exact) mass is 366 g/mol. The van der Waals surface area contributed by atoms with Crippen molar-refractivity contribution in [3.8, 4) is 0 Å². The van der Waals surface area contributed by atoms with Gasteiger partial charge in [-0.25, -0.2) is 4.98 Å². The number of fused-ring (bicyclic) bond motifs is 1. The van der Waals surface area contributed by atoms with E-state index in [1.54, 1.807) is 28.8 Å². The molecule has 0 spiro atoms. The molecule has 0 amide bonds. The molecule has 5 nitrogen and oxygen atoms in total. The van der Waals surface area contributed by atoms with E-state index in [2.05, 4.69) is 32.7 Å². The minimum atomic E-state index is -0.0587. The highest BCUT2D eigenvalue weighted by Crippen LogP contribution is 2.08. The Morgan fingerprint density at radius 2 is 2.00 bits per heavy atom. The maximum absolute atomic E-state index is 12.3. The first-order chi connectivity index (χ1) is 9.15. The standard InChI is InChI=1S/C13H11IN4O/c1-17-12-11(6-16-17)13(19)18(8-15-12)7-9-2-4-10(14)5-3-9/h2-6,8H,7H2,1H3. The van der Waals surface area contributed by atoms with Crippen molar-refractivity contribution in [1.82, 2.24) is 19.3 Å². The zero-order valence-corrected chi connectivity index (χ0v) is 12.4. The SMILES string of the molecule is Cn1ncc2c(=O)n(Cc3ccc(I)cc3)cnc21. The summed E-state index contributed by atoms with van der Waals surface area (Å²) >= 11 is 2.26. The number of hydrogen-bond donors (Lipinski definition) is 0. The second-order valence-electron chi connectivity index (χ2n) is 4.31. The number of hydrogen-bond acceptors (Lipinski definition) is 3. The number of aromatic nitrogens is 4. The van der Waals surface area contributed by atoms with Crippen LogP contribution in [0.3, 0.4) is 0 Å². The molecule has 0 aliphatic rings. The van der Waals surface area contributed by atoms with Crippen molar-refractivity contribution in [3.05, 3.63) is 56.3 Å². The van der Waals surface area contributed by atoms with Crippen LogP contribution in [0.2, 0.25) is 0 Å². The first-order valence-electron chi connectivity index (χ1n) is 5.77. The molecule has 0 saturated heterocycles. The fourth-order valence-electron chi connectivity index (χ4n) is 1.97. The Bertz CT molecular complexity index is 789. The van der Waals surface area contributed by atoms with Crippen LogP contribution in [0.15, 0.2) is 41.6 Å². The lowest BCUT2D eigenvalue weighted by Gasteiger charge is -2.05. The smallest absolute Gasteiger partial charge is 0.264 e. The van der Waals surface area contributed by atoms with E-state index < -0.39 is 0 Å². The molecular formula is C13H11IN4O. The molecule has 3 aromatic rings. The van der Waals surface area contributed by atoms with Crippen LogP contribution >= 0.6 is 22.6 Å². The number of halogens is 1. The van der Waals surface area contributed by atoms with Crippen molar-refractivity contribution < 1.29 is 0 Å².